The van der Waals surface area contributed by atoms with Crippen molar-refractivity contribution in [3.05, 3.63) is 63.7 Å². The quantitative estimate of drug-likeness (QED) is 0.362. The summed E-state index contributed by atoms with van der Waals surface area (Å²) >= 11 is 0. The summed E-state index contributed by atoms with van der Waals surface area (Å²) in [7, 11) is -2.62. The molecule has 0 unspecified atom stereocenters. The minimum absolute atomic E-state index is 0.0169. The highest BCUT2D eigenvalue weighted by atomic mass is 32.2. The van der Waals surface area contributed by atoms with Crippen molar-refractivity contribution in [3.8, 4) is 0 Å². The second kappa shape index (κ2) is 9.48. The highest BCUT2D eigenvalue weighted by Crippen LogP contribution is 2.27. The fourth-order valence-electron chi connectivity index (χ4n) is 2.48. The van der Waals surface area contributed by atoms with E-state index in [4.69, 9.17) is 4.74 Å². The second-order valence-corrected chi connectivity index (χ2v) is 8.44. The Kier molecular flexibility index (Phi) is 7.29. The summed E-state index contributed by atoms with van der Waals surface area (Å²) in [6.07, 6.45) is 0. The fraction of sp³-hybridized carbons (Fsp3) is 0.316. The first kappa shape index (κ1) is 22.3. The molecule has 0 saturated carbocycles. The van der Waals surface area contributed by atoms with E-state index in [1.807, 2.05) is 24.3 Å². The molecule has 2 N–H and O–H groups in total. The van der Waals surface area contributed by atoms with Gasteiger partial charge >= 0.3 is 5.97 Å². The molecule has 0 amide bonds. The molecule has 0 aliphatic rings. The number of carbonyl (C=O) groups is 1. The summed E-state index contributed by atoms with van der Waals surface area (Å²) < 4.78 is 30.9. The van der Waals surface area contributed by atoms with E-state index in [-0.39, 0.29) is 23.7 Å². The van der Waals surface area contributed by atoms with Gasteiger partial charge in [0.2, 0.25) is 10.0 Å². The Morgan fingerprint density at radius 3 is 2.38 bits per heavy atom. The Labute approximate surface area is 169 Å². The minimum atomic E-state index is -3.82. The van der Waals surface area contributed by atoms with E-state index < -0.39 is 26.6 Å². The highest BCUT2D eigenvalue weighted by molar-refractivity contribution is 7.89. The lowest BCUT2D eigenvalue weighted by Gasteiger charge is -2.10. The van der Waals surface area contributed by atoms with Gasteiger partial charge in [-0.2, -0.15) is 0 Å². The van der Waals surface area contributed by atoms with Gasteiger partial charge in [-0.1, -0.05) is 38.1 Å². The largest absolute Gasteiger partial charge is 0.460 e. The third-order valence-corrected chi connectivity index (χ3v) is 5.63. The number of esters is 1. The lowest BCUT2D eigenvalue weighted by molar-refractivity contribution is -0.384. The average molecular weight is 421 g/mol. The number of sulfonamides is 1. The zero-order valence-corrected chi connectivity index (χ0v) is 17.2. The van der Waals surface area contributed by atoms with Gasteiger partial charge in [0, 0.05) is 6.07 Å². The number of nitrogens with one attached hydrogen (secondary N) is 2. The molecule has 0 atom stereocenters. The van der Waals surface area contributed by atoms with Crippen molar-refractivity contribution in [2.24, 2.45) is 0 Å². The maximum atomic E-state index is 12.0. The third kappa shape index (κ3) is 6.00. The summed E-state index contributed by atoms with van der Waals surface area (Å²) in [4.78, 5) is 22.2. The number of carbonyl (C=O) groups excluding carboxylic acids is 1. The maximum absolute atomic E-state index is 12.0. The number of ether oxygens (including phenoxy) is 1. The highest BCUT2D eigenvalue weighted by Gasteiger charge is 2.20. The number of hydrogen-bond acceptors (Lipinski definition) is 7. The minimum Gasteiger partial charge on any atom is -0.460 e. The molecule has 0 bridgehead atoms. The number of rotatable bonds is 9. The Bertz CT molecular complexity index is 988. The molecule has 0 heterocycles. The lowest BCUT2D eigenvalue weighted by atomic mass is 10.0. The van der Waals surface area contributed by atoms with E-state index in [1.54, 1.807) is 0 Å². The van der Waals surface area contributed by atoms with Crippen LogP contribution in [0.4, 0.5) is 11.4 Å². The molecule has 156 valence electrons. The van der Waals surface area contributed by atoms with E-state index in [1.165, 1.54) is 24.7 Å². The first-order valence-electron chi connectivity index (χ1n) is 8.84. The van der Waals surface area contributed by atoms with Gasteiger partial charge in [0.25, 0.3) is 5.69 Å². The number of hydrogen-bond donors (Lipinski definition) is 2. The molecule has 0 saturated heterocycles. The topological polar surface area (TPSA) is 128 Å². The molecular weight excluding hydrogens is 398 g/mol. The maximum Gasteiger partial charge on any atom is 0.325 e. The number of benzene rings is 2. The van der Waals surface area contributed by atoms with Crippen LogP contribution in [0.5, 0.6) is 0 Å². The number of nitrogens with zero attached hydrogens (tertiary/aromatic N) is 1. The molecule has 0 aromatic heterocycles. The van der Waals surface area contributed by atoms with Gasteiger partial charge in [0.05, 0.1) is 9.82 Å². The van der Waals surface area contributed by atoms with Gasteiger partial charge in [-0.25, -0.2) is 13.1 Å². The van der Waals surface area contributed by atoms with E-state index in [0.717, 1.165) is 11.6 Å². The summed E-state index contributed by atoms with van der Waals surface area (Å²) in [6, 6.07) is 11.1. The van der Waals surface area contributed by atoms with Crippen LogP contribution in [0.25, 0.3) is 0 Å². The molecule has 9 nitrogen and oxygen atoms in total. The predicted octanol–water partition coefficient (Wildman–Crippen LogP) is 2.78. The van der Waals surface area contributed by atoms with Crippen LogP contribution in [0, 0.1) is 10.1 Å². The Balaban J connectivity index is 1.99. The zero-order chi connectivity index (χ0) is 21.6. The molecule has 2 aromatic carbocycles. The molecule has 0 spiro atoms. The van der Waals surface area contributed by atoms with Gasteiger partial charge in [-0.05, 0) is 36.2 Å². The SMILES string of the molecule is CNS(=O)(=O)c1ccc(NCC(=O)OCc2ccc(C(C)C)cc2)c([N+](=O)[O-])c1. The number of nitro benzene ring substituents is 1. The van der Waals surface area contributed by atoms with Crippen molar-refractivity contribution in [2.75, 3.05) is 18.9 Å². The van der Waals surface area contributed by atoms with Gasteiger partial charge in [-0.15, -0.1) is 0 Å². The monoisotopic (exact) mass is 421 g/mol. The van der Waals surface area contributed by atoms with Crippen LogP contribution in [-0.4, -0.2) is 32.9 Å². The molecule has 10 heteroatoms. The first-order chi connectivity index (χ1) is 13.6. The van der Waals surface area contributed by atoms with Crippen LogP contribution in [-0.2, 0) is 26.2 Å². The summed E-state index contributed by atoms with van der Waals surface area (Å²) in [5.74, 6) is -0.194. The number of nitro groups is 1. The molecule has 0 aliphatic carbocycles. The van der Waals surface area contributed by atoms with Crippen LogP contribution in [0.3, 0.4) is 0 Å². The third-order valence-electron chi connectivity index (χ3n) is 4.21. The average Bonchev–Trinajstić information content (AvgIpc) is 2.70. The standard InChI is InChI=1S/C19H23N3O6S/c1-13(2)15-6-4-14(5-7-15)12-28-19(23)11-21-17-9-8-16(29(26,27)20-3)10-18(17)22(24)25/h4-10,13,20-21H,11-12H2,1-3H3. The van der Waals surface area contributed by atoms with Gasteiger partial charge in [0.1, 0.15) is 18.8 Å². The second-order valence-electron chi connectivity index (χ2n) is 6.55. The van der Waals surface area contributed by atoms with Crippen molar-refractivity contribution in [1.82, 2.24) is 4.72 Å². The van der Waals surface area contributed by atoms with Gasteiger partial charge < -0.3 is 10.1 Å². The van der Waals surface area contributed by atoms with Crippen LogP contribution in [0.15, 0.2) is 47.4 Å². The van der Waals surface area contributed by atoms with Crippen LogP contribution < -0.4 is 10.0 Å². The first-order valence-corrected chi connectivity index (χ1v) is 10.3. The van der Waals surface area contributed by atoms with Crippen LogP contribution in [0.2, 0.25) is 0 Å². The molecule has 0 fully saturated rings. The van der Waals surface area contributed by atoms with E-state index in [0.29, 0.717) is 5.92 Å². The molecule has 0 radical (unpaired) electrons. The fourth-order valence-corrected chi connectivity index (χ4v) is 3.23. The van der Waals surface area contributed by atoms with Crippen molar-refractivity contribution in [3.63, 3.8) is 0 Å². The van der Waals surface area contributed by atoms with Crippen LogP contribution in [0.1, 0.15) is 30.9 Å². The molecule has 2 rings (SSSR count). The Morgan fingerprint density at radius 2 is 1.83 bits per heavy atom. The van der Waals surface area contributed by atoms with Crippen LogP contribution >= 0.6 is 0 Å². The van der Waals surface area contributed by atoms with Crippen molar-refractivity contribution in [1.29, 1.82) is 0 Å². The lowest BCUT2D eigenvalue weighted by Crippen LogP contribution is -2.20. The summed E-state index contributed by atoms with van der Waals surface area (Å²) in [5, 5.41) is 13.9. The van der Waals surface area contributed by atoms with Gasteiger partial charge in [-0.3, -0.25) is 14.9 Å². The Hall–Kier alpha value is -2.98. The summed E-state index contributed by atoms with van der Waals surface area (Å²) in [6.45, 7) is 3.95. The normalized spacial score (nSPS) is 11.3. The molecule has 29 heavy (non-hydrogen) atoms. The van der Waals surface area contributed by atoms with Crippen molar-refractivity contribution in [2.45, 2.75) is 31.3 Å². The Morgan fingerprint density at radius 1 is 1.17 bits per heavy atom. The predicted molar refractivity (Wildman–Crippen MR) is 108 cm³/mol. The van der Waals surface area contributed by atoms with E-state index in [2.05, 4.69) is 23.9 Å². The molecule has 0 aliphatic heterocycles. The molecule has 2 aromatic rings. The molecular formula is C19H23N3O6S. The smallest absolute Gasteiger partial charge is 0.325 e. The van der Waals surface area contributed by atoms with Crippen molar-refractivity contribution < 1.29 is 22.9 Å². The number of anilines is 1. The van der Waals surface area contributed by atoms with Gasteiger partial charge in [0.15, 0.2) is 0 Å². The van der Waals surface area contributed by atoms with E-state index >= 15 is 0 Å². The summed E-state index contributed by atoms with van der Waals surface area (Å²) in [5.41, 5.74) is 1.56. The van der Waals surface area contributed by atoms with E-state index in [9.17, 15) is 23.3 Å². The zero-order valence-electron chi connectivity index (χ0n) is 16.3. The van der Waals surface area contributed by atoms with Crippen molar-refractivity contribution >= 4 is 27.4 Å².